The Morgan fingerprint density at radius 2 is 1.94 bits per heavy atom. The highest BCUT2D eigenvalue weighted by Gasteiger charge is 2.25. The molecule has 0 saturated heterocycles. The highest BCUT2D eigenvalue weighted by Crippen LogP contribution is 2.19. The second kappa shape index (κ2) is 6.15. The van der Waals surface area contributed by atoms with Crippen LogP contribution in [0, 0.1) is 22.7 Å². The molecule has 0 saturated carbocycles. The van der Waals surface area contributed by atoms with E-state index in [0.29, 0.717) is 6.42 Å². The van der Waals surface area contributed by atoms with E-state index in [4.69, 9.17) is 10.5 Å². The van der Waals surface area contributed by atoms with Gasteiger partial charge in [0.05, 0.1) is 16.5 Å². The zero-order valence-electron chi connectivity index (χ0n) is 10.00. The quantitative estimate of drug-likeness (QED) is 0.753. The molecule has 94 valence electrons. The molecule has 0 amide bonds. The standard InChI is InChI=1S/C12H13N3O2S/c1-2-8-15(9-7-13)18(16,17)12-6-4-3-5-11(12)10-14/h3-6H,2,8-9H2,1H3. The SMILES string of the molecule is CCCN(CC#N)S(=O)(=O)c1ccccc1C#N. The van der Waals surface area contributed by atoms with Crippen molar-refractivity contribution < 1.29 is 8.42 Å². The first kappa shape index (κ1) is 14.2. The predicted octanol–water partition coefficient (Wildman–Crippen LogP) is 1.48. The number of benzene rings is 1. The van der Waals surface area contributed by atoms with Crippen molar-refractivity contribution in [3.8, 4) is 12.1 Å². The average Bonchev–Trinajstić information content (AvgIpc) is 2.38. The lowest BCUT2D eigenvalue weighted by Crippen LogP contribution is -2.32. The van der Waals surface area contributed by atoms with E-state index in [0.717, 1.165) is 4.31 Å². The summed E-state index contributed by atoms with van der Waals surface area (Å²) in [4.78, 5) is -0.0452. The minimum absolute atomic E-state index is 0.0452. The van der Waals surface area contributed by atoms with Gasteiger partial charge in [0.25, 0.3) is 0 Å². The van der Waals surface area contributed by atoms with Gasteiger partial charge >= 0.3 is 0 Å². The molecule has 5 nitrogen and oxygen atoms in total. The molecule has 6 heteroatoms. The van der Waals surface area contributed by atoms with Crippen LogP contribution >= 0.6 is 0 Å². The summed E-state index contributed by atoms with van der Waals surface area (Å²) in [5.41, 5.74) is 0.0940. The Hall–Kier alpha value is -1.89. The van der Waals surface area contributed by atoms with E-state index >= 15 is 0 Å². The van der Waals surface area contributed by atoms with E-state index in [9.17, 15) is 8.42 Å². The Bertz CT molecular complexity index is 596. The lowest BCUT2D eigenvalue weighted by atomic mass is 10.2. The van der Waals surface area contributed by atoms with E-state index in [2.05, 4.69) is 0 Å². The summed E-state index contributed by atoms with van der Waals surface area (Å²) in [5, 5.41) is 17.6. The molecule has 0 spiro atoms. The van der Waals surface area contributed by atoms with Gasteiger partial charge in [-0.05, 0) is 18.6 Å². The molecule has 0 aliphatic carbocycles. The number of nitriles is 2. The molecule has 1 aromatic rings. The minimum Gasteiger partial charge on any atom is -0.207 e. The van der Waals surface area contributed by atoms with Gasteiger partial charge in [0.2, 0.25) is 10.0 Å². The van der Waals surface area contributed by atoms with Crippen LogP contribution in [0.5, 0.6) is 0 Å². The Labute approximate surface area is 107 Å². The van der Waals surface area contributed by atoms with Crippen LogP contribution in [0.1, 0.15) is 18.9 Å². The molecular formula is C12H13N3O2S. The summed E-state index contributed by atoms with van der Waals surface area (Å²) >= 11 is 0. The highest BCUT2D eigenvalue weighted by atomic mass is 32.2. The van der Waals surface area contributed by atoms with Gasteiger partial charge in [-0.15, -0.1) is 0 Å². The van der Waals surface area contributed by atoms with Gasteiger partial charge in [0.1, 0.15) is 12.6 Å². The molecule has 1 aromatic carbocycles. The molecule has 0 aliphatic rings. The van der Waals surface area contributed by atoms with Gasteiger partial charge in [-0.1, -0.05) is 19.1 Å². The van der Waals surface area contributed by atoms with Gasteiger partial charge < -0.3 is 0 Å². The third-order valence-electron chi connectivity index (χ3n) is 2.35. The van der Waals surface area contributed by atoms with Gasteiger partial charge in [0, 0.05) is 6.54 Å². The Balaban J connectivity index is 3.28. The van der Waals surface area contributed by atoms with Crippen molar-refractivity contribution in [1.82, 2.24) is 4.31 Å². The Morgan fingerprint density at radius 1 is 1.28 bits per heavy atom. The third kappa shape index (κ3) is 2.86. The normalized spacial score (nSPS) is 10.9. The van der Waals surface area contributed by atoms with Crippen LogP contribution in [-0.2, 0) is 10.0 Å². The molecule has 0 atom stereocenters. The van der Waals surface area contributed by atoms with Crippen LogP contribution < -0.4 is 0 Å². The smallest absolute Gasteiger partial charge is 0.207 e. The summed E-state index contributed by atoms with van der Waals surface area (Å²) in [6, 6.07) is 9.68. The number of hydrogen-bond donors (Lipinski definition) is 0. The maximum Gasteiger partial charge on any atom is 0.245 e. The molecule has 0 bridgehead atoms. The maximum atomic E-state index is 12.3. The van der Waals surface area contributed by atoms with Crippen molar-refractivity contribution in [2.45, 2.75) is 18.2 Å². The summed E-state index contributed by atoms with van der Waals surface area (Å²) in [5.74, 6) is 0. The second-order valence-electron chi connectivity index (χ2n) is 3.60. The van der Waals surface area contributed by atoms with Crippen LogP contribution in [0.4, 0.5) is 0 Å². The van der Waals surface area contributed by atoms with Crippen LogP contribution in [0.2, 0.25) is 0 Å². The van der Waals surface area contributed by atoms with Gasteiger partial charge in [-0.25, -0.2) is 8.42 Å². The summed E-state index contributed by atoms with van der Waals surface area (Å²) < 4.78 is 25.7. The fourth-order valence-electron chi connectivity index (χ4n) is 1.54. The topological polar surface area (TPSA) is 85.0 Å². The lowest BCUT2D eigenvalue weighted by Gasteiger charge is -2.18. The zero-order valence-corrected chi connectivity index (χ0v) is 10.8. The van der Waals surface area contributed by atoms with E-state index in [1.807, 2.05) is 19.1 Å². The molecule has 18 heavy (non-hydrogen) atoms. The van der Waals surface area contributed by atoms with Crippen LogP contribution in [0.15, 0.2) is 29.2 Å². The van der Waals surface area contributed by atoms with Gasteiger partial charge in [-0.2, -0.15) is 14.8 Å². The Morgan fingerprint density at radius 3 is 2.50 bits per heavy atom. The monoisotopic (exact) mass is 263 g/mol. The van der Waals surface area contributed by atoms with Crippen molar-refractivity contribution in [2.75, 3.05) is 13.1 Å². The summed E-state index contributed by atoms with van der Waals surface area (Å²) in [6.45, 7) is 1.88. The van der Waals surface area contributed by atoms with Gasteiger partial charge in [0.15, 0.2) is 0 Å². The predicted molar refractivity (Wildman–Crippen MR) is 65.8 cm³/mol. The van der Waals surface area contributed by atoms with E-state index in [-0.39, 0.29) is 23.5 Å². The minimum atomic E-state index is -3.78. The van der Waals surface area contributed by atoms with Crippen molar-refractivity contribution in [2.24, 2.45) is 0 Å². The molecule has 0 fully saturated rings. The summed E-state index contributed by atoms with van der Waals surface area (Å²) in [6.07, 6.45) is 0.607. The first-order valence-corrected chi connectivity index (χ1v) is 6.88. The maximum absolute atomic E-state index is 12.3. The second-order valence-corrected chi connectivity index (χ2v) is 5.51. The molecule has 1 rings (SSSR count). The molecule has 0 aromatic heterocycles. The molecule has 0 heterocycles. The molecule has 0 unspecified atom stereocenters. The van der Waals surface area contributed by atoms with Gasteiger partial charge in [-0.3, -0.25) is 0 Å². The van der Waals surface area contributed by atoms with Crippen molar-refractivity contribution >= 4 is 10.0 Å². The molecule has 0 aliphatic heterocycles. The van der Waals surface area contributed by atoms with Crippen LogP contribution in [-0.4, -0.2) is 25.8 Å². The largest absolute Gasteiger partial charge is 0.245 e. The van der Waals surface area contributed by atoms with Crippen molar-refractivity contribution in [3.63, 3.8) is 0 Å². The van der Waals surface area contributed by atoms with E-state index in [1.165, 1.54) is 12.1 Å². The first-order valence-electron chi connectivity index (χ1n) is 5.44. The lowest BCUT2D eigenvalue weighted by molar-refractivity contribution is 0.444. The summed E-state index contributed by atoms with van der Waals surface area (Å²) in [7, 11) is -3.78. The van der Waals surface area contributed by atoms with Crippen LogP contribution in [0.3, 0.4) is 0 Å². The number of nitrogens with zero attached hydrogens (tertiary/aromatic N) is 3. The molecular weight excluding hydrogens is 250 g/mol. The van der Waals surface area contributed by atoms with E-state index in [1.54, 1.807) is 12.1 Å². The first-order chi connectivity index (χ1) is 8.57. The number of hydrogen-bond acceptors (Lipinski definition) is 4. The molecule has 0 N–H and O–H groups in total. The number of sulfonamides is 1. The zero-order chi connectivity index (χ0) is 13.6. The average molecular weight is 263 g/mol. The highest BCUT2D eigenvalue weighted by molar-refractivity contribution is 7.89. The number of rotatable bonds is 5. The van der Waals surface area contributed by atoms with E-state index < -0.39 is 10.0 Å². The Kier molecular flexibility index (Phi) is 4.85. The fourth-order valence-corrected chi connectivity index (χ4v) is 3.11. The van der Waals surface area contributed by atoms with Crippen molar-refractivity contribution in [1.29, 1.82) is 10.5 Å². The third-order valence-corrected chi connectivity index (χ3v) is 4.25. The van der Waals surface area contributed by atoms with Crippen molar-refractivity contribution in [3.05, 3.63) is 29.8 Å². The molecule has 0 radical (unpaired) electrons. The van der Waals surface area contributed by atoms with Crippen LogP contribution in [0.25, 0.3) is 0 Å². The fraction of sp³-hybridized carbons (Fsp3) is 0.333.